The molecule has 0 aliphatic rings. The van der Waals surface area contributed by atoms with Crippen LogP contribution >= 0.6 is 0 Å². The summed E-state index contributed by atoms with van der Waals surface area (Å²) in [7, 11) is 0. The molecular formula is C17H14FNO2. The van der Waals surface area contributed by atoms with E-state index in [9.17, 15) is 9.18 Å². The van der Waals surface area contributed by atoms with Crippen LogP contribution in [-0.4, -0.2) is 5.91 Å². The van der Waals surface area contributed by atoms with Crippen LogP contribution in [0.4, 0.5) is 4.39 Å². The van der Waals surface area contributed by atoms with Gasteiger partial charge in [0.2, 0.25) is 5.91 Å². The molecule has 0 saturated heterocycles. The van der Waals surface area contributed by atoms with Gasteiger partial charge in [-0.25, -0.2) is 4.39 Å². The molecule has 1 amide bonds. The molecule has 0 radical (unpaired) electrons. The summed E-state index contributed by atoms with van der Waals surface area (Å²) in [5.41, 5.74) is 2.50. The number of carbonyl (C=O) groups is 1. The summed E-state index contributed by atoms with van der Waals surface area (Å²) in [6.45, 7) is 0.384. The third-order valence-corrected chi connectivity index (χ3v) is 3.32. The Morgan fingerprint density at radius 1 is 1.10 bits per heavy atom. The molecule has 0 bridgehead atoms. The van der Waals surface area contributed by atoms with Gasteiger partial charge in [0.1, 0.15) is 11.4 Å². The quantitative estimate of drug-likeness (QED) is 0.797. The number of halogens is 1. The average molecular weight is 283 g/mol. The van der Waals surface area contributed by atoms with Crippen molar-refractivity contribution >= 4 is 16.9 Å². The van der Waals surface area contributed by atoms with E-state index in [2.05, 4.69) is 5.32 Å². The van der Waals surface area contributed by atoms with Gasteiger partial charge in [-0.2, -0.15) is 0 Å². The topological polar surface area (TPSA) is 42.2 Å². The van der Waals surface area contributed by atoms with Gasteiger partial charge < -0.3 is 9.73 Å². The lowest BCUT2D eigenvalue weighted by Gasteiger charge is -2.04. The van der Waals surface area contributed by atoms with Crippen LogP contribution < -0.4 is 5.32 Å². The Morgan fingerprint density at radius 2 is 1.86 bits per heavy atom. The first kappa shape index (κ1) is 13.4. The van der Waals surface area contributed by atoms with Crippen LogP contribution in [-0.2, 0) is 17.8 Å². The zero-order chi connectivity index (χ0) is 14.7. The Balaban J connectivity index is 1.62. The van der Waals surface area contributed by atoms with E-state index in [-0.39, 0.29) is 18.1 Å². The maximum Gasteiger partial charge on any atom is 0.224 e. The monoisotopic (exact) mass is 283 g/mol. The molecule has 21 heavy (non-hydrogen) atoms. The SMILES string of the molecule is O=C(Cc1coc2ccccc12)NCc1ccc(F)cc1. The summed E-state index contributed by atoms with van der Waals surface area (Å²) < 4.78 is 18.2. The van der Waals surface area contributed by atoms with Crippen LogP contribution in [0.3, 0.4) is 0 Å². The predicted octanol–water partition coefficient (Wildman–Crippen LogP) is 3.43. The summed E-state index contributed by atoms with van der Waals surface area (Å²) in [5, 5.41) is 3.77. The summed E-state index contributed by atoms with van der Waals surface area (Å²) in [5.74, 6) is -0.374. The summed E-state index contributed by atoms with van der Waals surface area (Å²) in [6.07, 6.45) is 1.88. The standard InChI is InChI=1S/C17H14FNO2/c18-14-7-5-12(6-8-14)10-19-17(20)9-13-11-21-16-4-2-1-3-15(13)16/h1-8,11H,9-10H2,(H,19,20). The van der Waals surface area contributed by atoms with E-state index >= 15 is 0 Å². The van der Waals surface area contributed by atoms with Crippen LogP contribution in [0.5, 0.6) is 0 Å². The molecule has 0 fully saturated rings. The number of furan rings is 1. The van der Waals surface area contributed by atoms with Crippen molar-refractivity contribution in [2.45, 2.75) is 13.0 Å². The minimum absolute atomic E-state index is 0.0918. The van der Waals surface area contributed by atoms with Crippen LogP contribution in [0.1, 0.15) is 11.1 Å². The van der Waals surface area contributed by atoms with Crippen molar-refractivity contribution < 1.29 is 13.6 Å². The smallest absolute Gasteiger partial charge is 0.224 e. The van der Waals surface area contributed by atoms with E-state index < -0.39 is 0 Å². The molecule has 3 aromatic rings. The van der Waals surface area contributed by atoms with E-state index in [1.807, 2.05) is 24.3 Å². The predicted molar refractivity (Wildman–Crippen MR) is 78.2 cm³/mol. The van der Waals surface area contributed by atoms with E-state index in [4.69, 9.17) is 4.42 Å². The Kier molecular flexibility index (Phi) is 3.69. The van der Waals surface area contributed by atoms with E-state index in [1.165, 1.54) is 12.1 Å². The van der Waals surface area contributed by atoms with Gasteiger partial charge in [0.25, 0.3) is 0 Å². The molecule has 0 aliphatic carbocycles. The van der Waals surface area contributed by atoms with Gasteiger partial charge in [-0.3, -0.25) is 4.79 Å². The van der Waals surface area contributed by atoms with E-state index in [0.29, 0.717) is 6.54 Å². The highest BCUT2D eigenvalue weighted by Crippen LogP contribution is 2.20. The minimum atomic E-state index is -0.282. The largest absolute Gasteiger partial charge is 0.464 e. The zero-order valence-corrected chi connectivity index (χ0v) is 11.3. The van der Waals surface area contributed by atoms with Crippen molar-refractivity contribution in [3.05, 3.63) is 71.7 Å². The third kappa shape index (κ3) is 3.11. The Hall–Kier alpha value is -2.62. The van der Waals surface area contributed by atoms with Gasteiger partial charge in [0, 0.05) is 17.5 Å². The fourth-order valence-electron chi connectivity index (χ4n) is 2.21. The second kappa shape index (κ2) is 5.79. The highest BCUT2D eigenvalue weighted by molar-refractivity contribution is 5.87. The molecule has 0 atom stereocenters. The van der Waals surface area contributed by atoms with Crippen LogP contribution in [0.25, 0.3) is 11.0 Å². The molecule has 4 heteroatoms. The number of fused-ring (bicyclic) bond motifs is 1. The second-order valence-electron chi connectivity index (χ2n) is 4.84. The number of amides is 1. The maximum absolute atomic E-state index is 12.8. The van der Waals surface area contributed by atoms with Crippen molar-refractivity contribution in [2.75, 3.05) is 0 Å². The lowest BCUT2D eigenvalue weighted by Crippen LogP contribution is -2.24. The maximum atomic E-state index is 12.8. The fraction of sp³-hybridized carbons (Fsp3) is 0.118. The van der Waals surface area contributed by atoms with Crippen LogP contribution in [0.2, 0.25) is 0 Å². The molecule has 1 aromatic heterocycles. The molecule has 0 spiro atoms. The highest BCUT2D eigenvalue weighted by atomic mass is 19.1. The molecule has 3 rings (SSSR count). The van der Waals surface area contributed by atoms with Crippen molar-refractivity contribution in [3.8, 4) is 0 Å². The van der Waals surface area contributed by atoms with Gasteiger partial charge in [-0.1, -0.05) is 30.3 Å². The van der Waals surface area contributed by atoms with Crippen molar-refractivity contribution in [2.24, 2.45) is 0 Å². The van der Waals surface area contributed by atoms with E-state index in [0.717, 1.165) is 22.1 Å². The molecule has 1 heterocycles. The molecular weight excluding hydrogens is 269 g/mol. The molecule has 1 N–H and O–H groups in total. The van der Waals surface area contributed by atoms with Gasteiger partial charge in [0.05, 0.1) is 12.7 Å². The zero-order valence-electron chi connectivity index (χ0n) is 11.3. The van der Waals surface area contributed by atoms with Gasteiger partial charge >= 0.3 is 0 Å². The van der Waals surface area contributed by atoms with Crippen LogP contribution in [0, 0.1) is 5.82 Å². The average Bonchev–Trinajstić information content (AvgIpc) is 2.90. The lowest BCUT2D eigenvalue weighted by molar-refractivity contribution is -0.120. The van der Waals surface area contributed by atoms with Crippen LogP contribution in [0.15, 0.2) is 59.2 Å². The number of nitrogens with one attached hydrogen (secondary N) is 1. The molecule has 0 aliphatic heterocycles. The Morgan fingerprint density at radius 3 is 2.67 bits per heavy atom. The summed E-state index contributed by atoms with van der Waals surface area (Å²) in [6, 6.07) is 13.7. The van der Waals surface area contributed by atoms with Gasteiger partial charge in [-0.05, 0) is 23.8 Å². The number of carbonyl (C=O) groups excluding carboxylic acids is 1. The number of benzene rings is 2. The lowest BCUT2D eigenvalue weighted by atomic mass is 10.1. The first-order valence-electron chi connectivity index (χ1n) is 6.68. The minimum Gasteiger partial charge on any atom is -0.464 e. The third-order valence-electron chi connectivity index (χ3n) is 3.32. The number of para-hydroxylation sites is 1. The van der Waals surface area contributed by atoms with Gasteiger partial charge in [0.15, 0.2) is 0 Å². The first-order chi connectivity index (χ1) is 10.2. The molecule has 3 nitrogen and oxygen atoms in total. The first-order valence-corrected chi connectivity index (χ1v) is 6.68. The van der Waals surface area contributed by atoms with Crippen molar-refractivity contribution in [1.29, 1.82) is 0 Å². The highest BCUT2D eigenvalue weighted by Gasteiger charge is 2.09. The molecule has 0 saturated carbocycles. The van der Waals surface area contributed by atoms with Crippen molar-refractivity contribution in [1.82, 2.24) is 5.32 Å². The Labute approximate surface area is 121 Å². The Bertz CT molecular complexity index is 762. The molecule has 0 unspecified atom stereocenters. The van der Waals surface area contributed by atoms with Crippen molar-refractivity contribution in [3.63, 3.8) is 0 Å². The normalized spacial score (nSPS) is 10.7. The molecule has 2 aromatic carbocycles. The fourth-order valence-corrected chi connectivity index (χ4v) is 2.21. The second-order valence-corrected chi connectivity index (χ2v) is 4.84. The summed E-state index contributed by atoms with van der Waals surface area (Å²) in [4.78, 5) is 12.0. The number of rotatable bonds is 4. The number of hydrogen-bond donors (Lipinski definition) is 1. The van der Waals surface area contributed by atoms with Gasteiger partial charge in [-0.15, -0.1) is 0 Å². The molecule has 106 valence electrons. The summed E-state index contributed by atoms with van der Waals surface area (Å²) >= 11 is 0. The van der Waals surface area contributed by atoms with E-state index in [1.54, 1.807) is 18.4 Å². The number of hydrogen-bond acceptors (Lipinski definition) is 2.